The summed E-state index contributed by atoms with van der Waals surface area (Å²) in [6.07, 6.45) is 4.34. The Balaban J connectivity index is 1.80. The number of hydrogen-bond acceptors (Lipinski definition) is 4. The summed E-state index contributed by atoms with van der Waals surface area (Å²) in [6, 6.07) is 3.22. The number of rotatable bonds is 4. The standard InChI is InChI=1S/C16H18FN3O3/c1-20-8-11(7-18-20)15(10-4-12(21)5-10)19-16(23)9-2-3-14(22)13(17)6-9/h2-3,6-8,10,12,15,21-22H,4-5H2,1H3,(H,19,23). The highest BCUT2D eigenvalue weighted by molar-refractivity contribution is 5.94. The quantitative estimate of drug-likeness (QED) is 0.797. The number of aliphatic hydroxyl groups excluding tert-OH is 1. The summed E-state index contributed by atoms with van der Waals surface area (Å²) in [5.74, 6) is -1.65. The first-order valence-corrected chi connectivity index (χ1v) is 7.40. The number of aryl methyl sites for hydroxylation is 1. The molecule has 0 saturated heterocycles. The van der Waals surface area contributed by atoms with Crippen molar-refractivity contribution >= 4 is 5.91 Å². The fraction of sp³-hybridized carbons (Fsp3) is 0.375. The van der Waals surface area contributed by atoms with Crippen LogP contribution in [0.4, 0.5) is 4.39 Å². The zero-order valence-electron chi connectivity index (χ0n) is 12.6. The fourth-order valence-electron chi connectivity index (χ4n) is 2.85. The van der Waals surface area contributed by atoms with Crippen molar-refractivity contribution in [3.05, 3.63) is 47.5 Å². The SMILES string of the molecule is Cn1cc(C(NC(=O)c2ccc(O)c(F)c2)C2CC(O)C2)cn1. The average molecular weight is 319 g/mol. The number of phenols is 1. The van der Waals surface area contributed by atoms with Crippen molar-refractivity contribution in [1.82, 2.24) is 15.1 Å². The van der Waals surface area contributed by atoms with Gasteiger partial charge in [0, 0.05) is 24.4 Å². The van der Waals surface area contributed by atoms with Crippen LogP contribution in [0, 0.1) is 11.7 Å². The number of halogens is 1. The summed E-state index contributed by atoms with van der Waals surface area (Å²) >= 11 is 0. The van der Waals surface area contributed by atoms with Crippen LogP contribution in [-0.4, -0.2) is 32.0 Å². The topological polar surface area (TPSA) is 87.4 Å². The van der Waals surface area contributed by atoms with E-state index in [1.807, 2.05) is 6.20 Å². The van der Waals surface area contributed by atoms with Crippen LogP contribution in [0.25, 0.3) is 0 Å². The van der Waals surface area contributed by atoms with Gasteiger partial charge in [-0.25, -0.2) is 4.39 Å². The third-order valence-corrected chi connectivity index (χ3v) is 4.20. The zero-order valence-corrected chi connectivity index (χ0v) is 12.6. The second kappa shape index (κ2) is 6.00. The molecule has 6 nitrogen and oxygen atoms in total. The van der Waals surface area contributed by atoms with Crippen molar-refractivity contribution in [1.29, 1.82) is 0 Å². The zero-order chi connectivity index (χ0) is 16.6. The highest BCUT2D eigenvalue weighted by Gasteiger charge is 2.36. The van der Waals surface area contributed by atoms with Crippen molar-refractivity contribution in [2.75, 3.05) is 0 Å². The molecule has 1 saturated carbocycles. The van der Waals surface area contributed by atoms with Crippen LogP contribution < -0.4 is 5.32 Å². The van der Waals surface area contributed by atoms with Crippen LogP contribution in [0.2, 0.25) is 0 Å². The maximum absolute atomic E-state index is 13.4. The maximum atomic E-state index is 13.4. The molecule has 3 N–H and O–H groups in total. The smallest absolute Gasteiger partial charge is 0.251 e. The van der Waals surface area contributed by atoms with E-state index >= 15 is 0 Å². The highest BCUT2D eigenvalue weighted by atomic mass is 19.1. The third-order valence-electron chi connectivity index (χ3n) is 4.20. The molecule has 1 amide bonds. The molecule has 1 fully saturated rings. The van der Waals surface area contributed by atoms with Gasteiger partial charge in [0.25, 0.3) is 5.91 Å². The minimum Gasteiger partial charge on any atom is -0.505 e. The Morgan fingerprint density at radius 2 is 2.22 bits per heavy atom. The Morgan fingerprint density at radius 3 is 2.78 bits per heavy atom. The first-order chi connectivity index (χ1) is 10.9. The van der Waals surface area contributed by atoms with Gasteiger partial charge in [-0.2, -0.15) is 5.10 Å². The molecular weight excluding hydrogens is 301 g/mol. The van der Waals surface area contributed by atoms with Crippen LogP contribution in [0.5, 0.6) is 5.75 Å². The van der Waals surface area contributed by atoms with Crippen LogP contribution in [0.15, 0.2) is 30.6 Å². The number of carbonyl (C=O) groups excluding carboxylic acids is 1. The fourth-order valence-corrected chi connectivity index (χ4v) is 2.85. The van der Waals surface area contributed by atoms with Gasteiger partial charge in [-0.3, -0.25) is 9.48 Å². The average Bonchev–Trinajstić information content (AvgIpc) is 2.91. The Morgan fingerprint density at radius 1 is 1.48 bits per heavy atom. The molecule has 1 aromatic heterocycles. The molecule has 0 radical (unpaired) electrons. The van der Waals surface area contributed by atoms with Gasteiger partial charge in [0.2, 0.25) is 0 Å². The maximum Gasteiger partial charge on any atom is 0.251 e. The number of phenolic OH excluding ortho intramolecular Hbond substituents is 1. The summed E-state index contributed by atoms with van der Waals surface area (Å²) in [6.45, 7) is 0. The van der Waals surface area contributed by atoms with E-state index < -0.39 is 17.5 Å². The molecule has 0 spiro atoms. The first kappa shape index (κ1) is 15.5. The van der Waals surface area contributed by atoms with E-state index in [1.54, 1.807) is 17.9 Å². The predicted molar refractivity (Wildman–Crippen MR) is 80.2 cm³/mol. The Hall–Kier alpha value is -2.41. The van der Waals surface area contributed by atoms with E-state index in [0.29, 0.717) is 12.8 Å². The number of amides is 1. The lowest BCUT2D eigenvalue weighted by atomic mass is 9.75. The molecule has 1 aliphatic rings. The lowest BCUT2D eigenvalue weighted by Crippen LogP contribution is -2.41. The molecule has 2 aromatic rings. The van der Waals surface area contributed by atoms with E-state index in [1.165, 1.54) is 6.07 Å². The number of nitrogens with one attached hydrogen (secondary N) is 1. The highest BCUT2D eigenvalue weighted by Crippen LogP contribution is 2.38. The Bertz CT molecular complexity index is 725. The monoisotopic (exact) mass is 319 g/mol. The van der Waals surface area contributed by atoms with E-state index in [-0.39, 0.29) is 23.6 Å². The minimum absolute atomic E-state index is 0.111. The van der Waals surface area contributed by atoms with E-state index in [4.69, 9.17) is 0 Å². The molecule has 7 heteroatoms. The summed E-state index contributed by atoms with van der Waals surface area (Å²) in [5, 5.41) is 25.7. The lowest BCUT2D eigenvalue weighted by molar-refractivity contribution is 0.0235. The normalized spacial score (nSPS) is 21.5. The van der Waals surface area contributed by atoms with Gasteiger partial charge in [-0.05, 0) is 37.0 Å². The summed E-state index contributed by atoms with van der Waals surface area (Å²) in [7, 11) is 1.79. The van der Waals surface area contributed by atoms with Crippen molar-refractivity contribution < 1.29 is 19.4 Å². The van der Waals surface area contributed by atoms with Crippen molar-refractivity contribution in [3.8, 4) is 5.75 Å². The molecule has 0 bridgehead atoms. The second-order valence-electron chi connectivity index (χ2n) is 5.95. The Kier molecular flexibility index (Phi) is 4.04. The van der Waals surface area contributed by atoms with Crippen molar-refractivity contribution in [2.24, 2.45) is 13.0 Å². The van der Waals surface area contributed by atoms with Crippen molar-refractivity contribution in [3.63, 3.8) is 0 Å². The van der Waals surface area contributed by atoms with Crippen LogP contribution >= 0.6 is 0 Å². The number of benzene rings is 1. The minimum atomic E-state index is -0.838. The van der Waals surface area contributed by atoms with Crippen LogP contribution in [-0.2, 0) is 7.05 Å². The Labute approximate surface area is 132 Å². The molecule has 3 rings (SSSR count). The van der Waals surface area contributed by atoms with Gasteiger partial charge in [0.05, 0.1) is 18.3 Å². The number of aromatic hydroxyl groups is 1. The second-order valence-corrected chi connectivity index (χ2v) is 5.95. The molecule has 1 aromatic carbocycles. The lowest BCUT2D eigenvalue weighted by Gasteiger charge is -2.37. The van der Waals surface area contributed by atoms with E-state index in [0.717, 1.165) is 17.7 Å². The summed E-state index contributed by atoms with van der Waals surface area (Å²) in [4.78, 5) is 12.4. The van der Waals surface area contributed by atoms with Crippen LogP contribution in [0.1, 0.15) is 34.8 Å². The molecule has 0 aliphatic heterocycles. The van der Waals surface area contributed by atoms with E-state index in [2.05, 4.69) is 10.4 Å². The number of aromatic nitrogens is 2. The van der Waals surface area contributed by atoms with Gasteiger partial charge in [0.1, 0.15) is 0 Å². The molecular formula is C16H18FN3O3. The molecule has 1 unspecified atom stereocenters. The third kappa shape index (κ3) is 3.19. The number of nitrogens with zero attached hydrogens (tertiary/aromatic N) is 2. The number of hydrogen-bond donors (Lipinski definition) is 3. The summed E-state index contributed by atoms with van der Waals surface area (Å²) < 4.78 is 15.1. The molecule has 1 atom stereocenters. The van der Waals surface area contributed by atoms with Gasteiger partial charge >= 0.3 is 0 Å². The molecule has 1 heterocycles. The van der Waals surface area contributed by atoms with Crippen molar-refractivity contribution in [2.45, 2.75) is 25.0 Å². The largest absolute Gasteiger partial charge is 0.505 e. The van der Waals surface area contributed by atoms with Crippen LogP contribution in [0.3, 0.4) is 0 Å². The predicted octanol–water partition coefficient (Wildman–Crippen LogP) is 1.51. The molecule has 23 heavy (non-hydrogen) atoms. The summed E-state index contributed by atoms with van der Waals surface area (Å²) in [5.41, 5.74) is 0.978. The molecule has 1 aliphatic carbocycles. The van der Waals surface area contributed by atoms with Gasteiger partial charge < -0.3 is 15.5 Å². The van der Waals surface area contributed by atoms with E-state index in [9.17, 15) is 19.4 Å². The van der Waals surface area contributed by atoms with Gasteiger partial charge in [0.15, 0.2) is 11.6 Å². The van der Waals surface area contributed by atoms with Gasteiger partial charge in [-0.1, -0.05) is 0 Å². The number of aliphatic hydroxyl groups is 1. The number of carbonyl (C=O) groups is 1. The van der Waals surface area contributed by atoms with Gasteiger partial charge in [-0.15, -0.1) is 0 Å². The molecule has 122 valence electrons. The first-order valence-electron chi connectivity index (χ1n) is 7.40.